The van der Waals surface area contributed by atoms with Crippen molar-refractivity contribution in [3.05, 3.63) is 132 Å². The van der Waals surface area contributed by atoms with Crippen molar-refractivity contribution in [2.75, 3.05) is 39.6 Å². The Morgan fingerprint density at radius 3 is 1.62 bits per heavy atom. The van der Waals surface area contributed by atoms with Gasteiger partial charge in [-0.3, -0.25) is 9.59 Å². The maximum Gasteiger partial charge on any atom is 0.330 e. The van der Waals surface area contributed by atoms with Gasteiger partial charge in [0.25, 0.3) is 0 Å². The standard InChI is InChI=1S/C41H38O11/c1-5-38(44)50-24-21-47-31-14-10-29(11-15-31)41(30-12-16-32(17-13-30)48-22-25-51-39(45)6-2)36-26-33(52-28(4)43)18-19-34(36)35-8-7-9-37(40(35)41)49-23-20-46-27(3)42/h5-19,26H,1-2,20-25H2,3-4H3. The van der Waals surface area contributed by atoms with Gasteiger partial charge in [-0.05, 0) is 70.3 Å². The molecule has 0 N–H and O–H groups in total. The van der Waals surface area contributed by atoms with Crippen LogP contribution < -0.4 is 18.9 Å². The van der Waals surface area contributed by atoms with Gasteiger partial charge in [-0.1, -0.05) is 55.6 Å². The average molecular weight is 707 g/mol. The molecule has 268 valence electrons. The molecular formula is C41H38O11. The first kappa shape index (κ1) is 36.9. The molecule has 5 rings (SSSR count). The van der Waals surface area contributed by atoms with Gasteiger partial charge in [-0.25, -0.2) is 9.59 Å². The highest BCUT2D eigenvalue weighted by Gasteiger charge is 2.48. The summed E-state index contributed by atoms with van der Waals surface area (Å²) in [6, 6.07) is 26.4. The first-order valence-electron chi connectivity index (χ1n) is 16.5. The lowest BCUT2D eigenvalue weighted by atomic mass is 9.67. The third-order valence-electron chi connectivity index (χ3n) is 8.09. The molecule has 1 aliphatic rings. The largest absolute Gasteiger partial charge is 0.490 e. The third-order valence-corrected chi connectivity index (χ3v) is 8.09. The average Bonchev–Trinajstić information content (AvgIpc) is 3.44. The molecule has 0 unspecified atom stereocenters. The van der Waals surface area contributed by atoms with Crippen LogP contribution in [0.1, 0.15) is 36.1 Å². The third kappa shape index (κ3) is 8.32. The van der Waals surface area contributed by atoms with Gasteiger partial charge in [0, 0.05) is 31.6 Å². The number of ether oxygens (including phenoxy) is 7. The lowest BCUT2D eigenvalue weighted by Crippen LogP contribution is -2.29. The van der Waals surface area contributed by atoms with E-state index in [-0.39, 0.29) is 39.6 Å². The van der Waals surface area contributed by atoms with E-state index < -0.39 is 29.3 Å². The van der Waals surface area contributed by atoms with Crippen molar-refractivity contribution in [2.24, 2.45) is 0 Å². The maximum atomic E-state index is 12.1. The smallest absolute Gasteiger partial charge is 0.330 e. The molecule has 0 heterocycles. The van der Waals surface area contributed by atoms with Gasteiger partial charge in [0.05, 0.1) is 5.41 Å². The number of rotatable bonds is 17. The quantitative estimate of drug-likeness (QED) is 0.0364. The molecule has 11 nitrogen and oxygen atoms in total. The van der Waals surface area contributed by atoms with Gasteiger partial charge >= 0.3 is 23.9 Å². The summed E-state index contributed by atoms with van der Waals surface area (Å²) in [5.41, 5.74) is 4.07. The number of esters is 4. The van der Waals surface area contributed by atoms with E-state index in [0.29, 0.717) is 23.0 Å². The molecule has 0 spiro atoms. The highest BCUT2D eigenvalue weighted by Crippen LogP contribution is 2.59. The summed E-state index contributed by atoms with van der Waals surface area (Å²) < 4.78 is 38.9. The second kappa shape index (κ2) is 17.0. The van der Waals surface area contributed by atoms with Crippen molar-refractivity contribution in [3.63, 3.8) is 0 Å². The molecule has 0 atom stereocenters. The highest BCUT2D eigenvalue weighted by molar-refractivity contribution is 5.89. The van der Waals surface area contributed by atoms with E-state index in [1.165, 1.54) is 13.8 Å². The monoisotopic (exact) mass is 706 g/mol. The summed E-state index contributed by atoms with van der Waals surface area (Å²) in [5.74, 6) is 0.0736. The van der Waals surface area contributed by atoms with E-state index in [2.05, 4.69) is 13.2 Å². The number of hydrogen-bond acceptors (Lipinski definition) is 11. The number of carbonyl (C=O) groups excluding carboxylic acids is 4. The maximum absolute atomic E-state index is 12.1. The normalized spacial score (nSPS) is 12.0. The first-order chi connectivity index (χ1) is 25.2. The van der Waals surface area contributed by atoms with Crippen molar-refractivity contribution >= 4 is 23.9 Å². The highest BCUT2D eigenvalue weighted by atomic mass is 16.6. The van der Waals surface area contributed by atoms with Crippen molar-refractivity contribution in [1.29, 1.82) is 0 Å². The van der Waals surface area contributed by atoms with Gasteiger partial charge in [0.15, 0.2) is 0 Å². The minimum atomic E-state index is -1.03. The summed E-state index contributed by atoms with van der Waals surface area (Å²) in [4.78, 5) is 46.5. The fourth-order valence-corrected chi connectivity index (χ4v) is 6.12. The Balaban J connectivity index is 1.63. The van der Waals surface area contributed by atoms with Crippen LogP contribution in [-0.2, 0) is 38.8 Å². The predicted molar refractivity (Wildman–Crippen MR) is 190 cm³/mol. The SMILES string of the molecule is C=CC(=O)OCCOc1ccc(C2(c3ccc(OCCOC(=O)C=C)cc3)c3cc(OC(C)=O)ccc3-c3cccc(OCCOC(C)=O)c32)cc1. The van der Waals surface area contributed by atoms with E-state index in [1.807, 2.05) is 78.9 Å². The molecule has 4 aromatic carbocycles. The minimum absolute atomic E-state index is 0.0510. The second-order valence-electron chi connectivity index (χ2n) is 11.4. The lowest BCUT2D eigenvalue weighted by Gasteiger charge is -2.35. The van der Waals surface area contributed by atoms with Crippen molar-refractivity contribution in [3.8, 4) is 34.1 Å². The summed E-state index contributed by atoms with van der Waals surface area (Å²) in [5, 5.41) is 0. The molecule has 4 aromatic rings. The van der Waals surface area contributed by atoms with Crippen LogP contribution in [0, 0.1) is 0 Å². The van der Waals surface area contributed by atoms with Gasteiger partial charge in [0.1, 0.15) is 62.6 Å². The molecule has 0 aromatic heterocycles. The minimum Gasteiger partial charge on any atom is -0.490 e. The predicted octanol–water partition coefficient (Wildman–Crippen LogP) is 6.13. The van der Waals surface area contributed by atoms with Gasteiger partial charge in [-0.2, -0.15) is 0 Å². The van der Waals surface area contributed by atoms with Gasteiger partial charge in [-0.15, -0.1) is 0 Å². The fraction of sp³-hybridized carbons (Fsp3) is 0.220. The van der Waals surface area contributed by atoms with Crippen LogP contribution in [0.2, 0.25) is 0 Å². The Labute approximate surface area is 301 Å². The zero-order chi connectivity index (χ0) is 37.1. The van der Waals surface area contributed by atoms with Crippen LogP contribution in [0.15, 0.2) is 110 Å². The Morgan fingerprint density at radius 1 is 0.577 bits per heavy atom. The van der Waals surface area contributed by atoms with Crippen LogP contribution >= 0.6 is 0 Å². The molecule has 0 amide bonds. The van der Waals surface area contributed by atoms with Gasteiger partial charge < -0.3 is 33.2 Å². The molecule has 52 heavy (non-hydrogen) atoms. The van der Waals surface area contributed by atoms with E-state index in [9.17, 15) is 19.2 Å². The topological polar surface area (TPSA) is 133 Å². The van der Waals surface area contributed by atoms with E-state index >= 15 is 0 Å². The molecule has 1 aliphatic carbocycles. The zero-order valence-electron chi connectivity index (χ0n) is 28.9. The summed E-state index contributed by atoms with van der Waals surface area (Å²) in [6.07, 6.45) is 2.18. The Morgan fingerprint density at radius 2 is 1.10 bits per heavy atom. The van der Waals surface area contributed by atoms with Crippen LogP contribution in [0.4, 0.5) is 0 Å². The molecule has 0 radical (unpaired) electrons. The second-order valence-corrected chi connectivity index (χ2v) is 11.4. The lowest BCUT2D eigenvalue weighted by molar-refractivity contribution is -0.142. The van der Waals surface area contributed by atoms with Crippen LogP contribution in [-0.4, -0.2) is 63.5 Å². The van der Waals surface area contributed by atoms with Crippen LogP contribution in [0.3, 0.4) is 0 Å². The molecule has 11 heteroatoms. The molecule has 0 aliphatic heterocycles. The fourth-order valence-electron chi connectivity index (χ4n) is 6.12. The van der Waals surface area contributed by atoms with Crippen molar-refractivity contribution < 1.29 is 52.3 Å². The Bertz CT molecular complexity index is 1870. The van der Waals surface area contributed by atoms with Crippen molar-refractivity contribution in [2.45, 2.75) is 19.3 Å². The molecule has 0 bridgehead atoms. The van der Waals surface area contributed by atoms with Crippen LogP contribution in [0.5, 0.6) is 23.0 Å². The summed E-state index contributed by atoms with van der Waals surface area (Å²) in [7, 11) is 0. The number of benzene rings is 4. The summed E-state index contributed by atoms with van der Waals surface area (Å²) >= 11 is 0. The van der Waals surface area contributed by atoms with Gasteiger partial charge in [0.2, 0.25) is 0 Å². The van der Waals surface area contributed by atoms with E-state index in [0.717, 1.165) is 45.5 Å². The Hall–Kier alpha value is -6.36. The number of hydrogen-bond donors (Lipinski definition) is 0. The van der Waals surface area contributed by atoms with Crippen LogP contribution in [0.25, 0.3) is 11.1 Å². The number of fused-ring (bicyclic) bond motifs is 3. The molecule has 0 fully saturated rings. The molecular weight excluding hydrogens is 668 g/mol. The Kier molecular flexibility index (Phi) is 12.1. The van der Waals surface area contributed by atoms with Crippen molar-refractivity contribution in [1.82, 2.24) is 0 Å². The number of carbonyl (C=O) groups is 4. The van der Waals surface area contributed by atoms with E-state index in [4.69, 9.17) is 33.2 Å². The van der Waals surface area contributed by atoms with E-state index in [1.54, 1.807) is 6.07 Å². The zero-order valence-corrected chi connectivity index (χ0v) is 28.9. The first-order valence-corrected chi connectivity index (χ1v) is 16.5. The summed E-state index contributed by atoms with van der Waals surface area (Å²) in [6.45, 7) is 10.0. The molecule has 0 saturated carbocycles. The molecule has 0 saturated heterocycles.